The van der Waals surface area contributed by atoms with Crippen LogP contribution in [0.15, 0.2) is 22.7 Å². The van der Waals surface area contributed by atoms with Crippen LogP contribution >= 0.6 is 27.5 Å². The van der Waals surface area contributed by atoms with Gasteiger partial charge in [0.1, 0.15) is 0 Å². The molecule has 2 atom stereocenters. The highest BCUT2D eigenvalue weighted by atomic mass is 79.9. The highest BCUT2D eigenvalue weighted by Crippen LogP contribution is 2.38. The fourth-order valence-corrected chi connectivity index (χ4v) is 2.86. The first kappa shape index (κ1) is 11.4. The number of halogens is 2. The molecule has 2 nitrogen and oxygen atoms in total. The first-order chi connectivity index (χ1) is 7.22. The Labute approximate surface area is 103 Å². The molecule has 2 N–H and O–H groups in total. The largest absolute Gasteiger partial charge is 0.373 e. The highest BCUT2D eigenvalue weighted by Gasteiger charge is 2.29. The second kappa shape index (κ2) is 4.83. The second-order valence-corrected chi connectivity index (χ2v) is 5.03. The van der Waals surface area contributed by atoms with E-state index in [0.717, 1.165) is 28.1 Å². The third-order valence-electron chi connectivity index (χ3n) is 2.79. The van der Waals surface area contributed by atoms with Crippen molar-refractivity contribution in [2.75, 3.05) is 13.2 Å². The molecule has 4 heteroatoms. The second-order valence-electron chi connectivity index (χ2n) is 3.74. The summed E-state index contributed by atoms with van der Waals surface area (Å²) >= 11 is 9.41. The lowest BCUT2D eigenvalue weighted by atomic mass is 9.96. The predicted molar refractivity (Wildman–Crippen MR) is 65.0 cm³/mol. The molecule has 1 fully saturated rings. The molecule has 0 bridgehead atoms. The Kier molecular flexibility index (Phi) is 3.67. The SMILES string of the molecule is NCC1CCOC1c1ccc(Cl)cc1Br. The summed E-state index contributed by atoms with van der Waals surface area (Å²) in [6.45, 7) is 1.46. The Hall–Kier alpha value is -0.0900. The highest BCUT2D eigenvalue weighted by molar-refractivity contribution is 9.10. The molecule has 0 aliphatic carbocycles. The van der Waals surface area contributed by atoms with E-state index in [2.05, 4.69) is 15.9 Å². The molecular formula is C11H13BrClNO. The van der Waals surface area contributed by atoms with E-state index in [-0.39, 0.29) is 6.10 Å². The number of nitrogens with two attached hydrogens (primary N) is 1. The summed E-state index contributed by atoms with van der Waals surface area (Å²) < 4.78 is 6.71. The summed E-state index contributed by atoms with van der Waals surface area (Å²) in [7, 11) is 0. The monoisotopic (exact) mass is 289 g/mol. The quantitative estimate of drug-likeness (QED) is 0.908. The average molecular weight is 291 g/mol. The molecule has 15 heavy (non-hydrogen) atoms. The van der Waals surface area contributed by atoms with E-state index in [1.165, 1.54) is 0 Å². The van der Waals surface area contributed by atoms with Gasteiger partial charge in [0.2, 0.25) is 0 Å². The molecule has 1 aliphatic heterocycles. The van der Waals surface area contributed by atoms with Gasteiger partial charge in [-0.15, -0.1) is 0 Å². The number of benzene rings is 1. The van der Waals surface area contributed by atoms with Gasteiger partial charge in [0.15, 0.2) is 0 Å². The van der Waals surface area contributed by atoms with Gasteiger partial charge < -0.3 is 10.5 Å². The molecule has 1 saturated heterocycles. The zero-order valence-electron chi connectivity index (χ0n) is 8.25. The van der Waals surface area contributed by atoms with Crippen molar-refractivity contribution < 1.29 is 4.74 Å². The van der Waals surface area contributed by atoms with Crippen LogP contribution in [0.5, 0.6) is 0 Å². The average Bonchev–Trinajstić information content (AvgIpc) is 2.65. The van der Waals surface area contributed by atoms with E-state index in [1.807, 2.05) is 18.2 Å². The maximum atomic E-state index is 5.90. The normalized spacial score (nSPS) is 25.8. The smallest absolute Gasteiger partial charge is 0.0876 e. The molecule has 0 saturated carbocycles. The number of hydrogen-bond donors (Lipinski definition) is 1. The van der Waals surface area contributed by atoms with Crippen LogP contribution < -0.4 is 5.73 Å². The maximum absolute atomic E-state index is 5.90. The number of hydrogen-bond acceptors (Lipinski definition) is 2. The molecule has 1 aliphatic rings. The van der Waals surface area contributed by atoms with Gasteiger partial charge in [-0.05, 0) is 30.7 Å². The van der Waals surface area contributed by atoms with E-state index in [9.17, 15) is 0 Å². The van der Waals surface area contributed by atoms with Crippen molar-refractivity contribution in [3.05, 3.63) is 33.3 Å². The molecule has 2 rings (SSSR count). The van der Waals surface area contributed by atoms with Crippen molar-refractivity contribution in [3.8, 4) is 0 Å². The van der Waals surface area contributed by atoms with Crippen molar-refractivity contribution in [1.29, 1.82) is 0 Å². The Morgan fingerprint density at radius 1 is 1.53 bits per heavy atom. The van der Waals surface area contributed by atoms with Gasteiger partial charge in [-0.25, -0.2) is 0 Å². The van der Waals surface area contributed by atoms with Gasteiger partial charge in [-0.3, -0.25) is 0 Å². The Bertz CT molecular complexity index is 358. The zero-order valence-corrected chi connectivity index (χ0v) is 10.6. The van der Waals surface area contributed by atoms with Crippen LogP contribution in [-0.4, -0.2) is 13.2 Å². The van der Waals surface area contributed by atoms with Crippen molar-refractivity contribution in [2.24, 2.45) is 11.7 Å². The fraction of sp³-hybridized carbons (Fsp3) is 0.455. The number of ether oxygens (including phenoxy) is 1. The van der Waals surface area contributed by atoms with E-state index in [0.29, 0.717) is 12.5 Å². The van der Waals surface area contributed by atoms with Gasteiger partial charge in [-0.2, -0.15) is 0 Å². The third-order valence-corrected chi connectivity index (χ3v) is 3.71. The zero-order chi connectivity index (χ0) is 10.8. The number of rotatable bonds is 2. The van der Waals surface area contributed by atoms with Gasteiger partial charge in [-0.1, -0.05) is 33.6 Å². The minimum atomic E-state index is 0.113. The molecule has 1 aromatic rings. The first-order valence-corrected chi connectivity index (χ1v) is 6.16. The molecule has 1 aromatic carbocycles. The topological polar surface area (TPSA) is 35.2 Å². The van der Waals surface area contributed by atoms with Gasteiger partial charge in [0.05, 0.1) is 6.10 Å². The molecule has 1 heterocycles. The lowest BCUT2D eigenvalue weighted by molar-refractivity contribution is 0.0919. The van der Waals surface area contributed by atoms with E-state index in [1.54, 1.807) is 0 Å². The van der Waals surface area contributed by atoms with Crippen LogP contribution in [0.3, 0.4) is 0 Å². The van der Waals surface area contributed by atoms with Crippen LogP contribution in [0.2, 0.25) is 5.02 Å². The Balaban J connectivity index is 2.28. The van der Waals surface area contributed by atoms with Crippen LogP contribution in [0, 0.1) is 5.92 Å². The van der Waals surface area contributed by atoms with Gasteiger partial charge in [0, 0.05) is 22.0 Å². The standard InChI is InChI=1S/C11H13BrClNO/c12-10-5-8(13)1-2-9(10)11-7(6-14)3-4-15-11/h1-2,5,7,11H,3-4,6,14H2. The fourth-order valence-electron chi connectivity index (χ4n) is 1.95. The van der Waals surface area contributed by atoms with Crippen molar-refractivity contribution in [2.45, 2.75) is 12.5 Å². The predicted octanol–water partition coefficient (Wildman–Crippen LogP) is 3.14. The first-order valence-electron chi connectivity index (χ1n) is 4.99. The summed E-state index contributed by atoms with van der Waals surface area (Å²) in [6, 6.07) is 5.79. The van der Waals surface area contributed by atoms with Crippen molar-refractivity contribution >= 4 is 27.5 Å². The molecule has 0 spiro atoms. The van der Waals surface area contributed by atoms with Crippen molar-refractivity contribution in [1.82, 2.24) is 0 Å². The van der Waals surface area contributed by atoms with Crippen LogP contribution in [-0.2, 0) is 4.74 Å². The van der Waals surface area contributed by atoms with Crippen LogP contribution in [0.4, 0.5) is 0 Å². The third kappa shape index (κ3) is 2.36. The van der Waals surface area contributed by atoms with Crippen LogP contribution in [0.25, 0.3) is 0 Å². The maximum Gasteiger partial charge on any atom is 0.0876 e. The van der Waals surface area contributed by atoms with E-state index >= 15 is 0 Å². The van der Waals surface area contributed by atoms with E-state index < -0.39 is 0 Å². The minimum Gasteiger partial charge on any atom is -0.373 e. The summed E-state index contributed by atoms with van der Waals surface area (Å²) in [4.78, 5) is 0. The molecule has 0 radical (unpaired) electrons. The van der Waals surface area contributed by atoms with Crippen molar-refractivity contribution in [3.63, 3.8) is 0 Å². The Morgan fingerprint density at radius 2 is 2.33 bits per heavy atom. The van der Waals surface area contributed by atoms with E-state index in [4.69, 9.17) is 22.1 Å². The lowest BCUT2D eigenvalue weighted by Gasteiger charge is -2.18. The Morgan fingerprint density at radius 3 is 3.00 bits per heavy atom. The summed E-state index contributed by atoms with van der Waals surface area (Å²) in [5, 5.41) is 0.730. The van der Waals surface area contributed by atoms with Gasteiger partial charge >= 0.3 is 0 Å². The molecule has 82 valence electrons. The molecule has 2 unspecified atom stereocenters. The summed E-state index contributed by atoms with van der Waals surface area (Å²) in [5.74, 6) is 0.419. The summed E-state index contributed by atoms with van der Waals surface area (Å²) in [6.07, 6.45) is 1.15. The molecule has 0 aromatic heterocycles. The van der Waals surface area contributed by atoms with Gasteiger partial charge in [0.25, 0.3) is 0 Å². The lowest BCUT2D eigenvalue weighted by Crippen LogP contribution is -2.18. The summed E-state index contributed by atoms with van der Waals surface area (Å²) in [5.41, 5.74) is 6.87. The van der Waals surface area contributed by atoms with Crippen LogP contribution in [0.1, 0.15) is 18.1 Å². The minimum absolute atomic E-state index is 0.113. The molecular weight excluding hydrogens is 277 g/mol. The molecule has 0 amide bonds.